The molecule has 206 valence electrons. The first-order valence-electron chi connectivity index (χ1n) is 12.2. The van der Waals surface area contributed by atoms with Crippen molar-refractivity contribution in [1.82, 2.24) is 19.9 Å². The number of carbonyl (C=O) groups excluding carboxylic acids is 1. The van der Waals surface area contributed by atoms with Crippen LogP contribution in [-0.2, 0) is 15.7 Å². The van der Waals surface area contributed by atoms with Crippen molar-refractivity contribution in [2.24, 2.45) is 0 Å². The number of nitrogens with zero attached hydrogens (tertiary/aromatic N) is 6. The van der Waals surface area contributed by atoms with Gasteiger partial charge in [0.05, 0.1) is 32.1 Å². The molecule has 2 aliphatic rings. The third-order valence-electron chi connectivity index (χ3n) is 6.56. The molecule has 3 aromatic rings. The lowest BCUT2D eigenvalue weighted by atomic mass is 10.00. The van der Waals surface area contributed by atoms with E-state index in [1.54, 1.807) is 36.3 Å². The van der Waals surface area contributed by atoms with E-state index >= 15 is 0 Å². The van der Waals surface area contributed by atoms with Crippen LogP contribution in [0.4, 0.5) is 35.7 Å². The lowest BCUT2D eigenvalue weighted by Gasteiger charge is -2.29. The quantitative estimate of drug-likeness (QED) is 0.488. The maximum Gasteiger partial charge on any atom is 0.434 e. The van der Waals surface area contributed by atoms with Crippen LogP contribution < -0.4 is 20.3 Å². The molecule has 1 aromatic carbocycles. The molecule has 1 amide bonds. The number of hydrogen-bond donors (Lipinski definition) is 1. The van der Waals surface area contributed by atoms with E-state index in [0.29, 0.717) is 38.5 Å². The fourth-order valence-corrected chi connectivity index (χ4v) is 4.65. The lowest BCUT2D eigenvalue weighted by Crippen LogP contribution is -2.39. The predicted molar refractivity (Wildman–Crippen MR) is 134 cm³/mol. The first kappa shape index (κ1) is 26.4. The number of methoxy groups -OCH3 is 1. The van der Waals surface area contributed by atoms with Crippen LogP contribution in [0.2, 0.25) is 0 Å². The number of nitrogens with two attached hydrogens (primary N) is 1. The minimum absolute atomic E-state index is 0.0966. The number of anilines is 3. The van der Waals surface area contributed by atoms with Gasteiger partial charge in [-0.1, -0.05) is 19.1 Å². The maximum absolute atomic E-state index is 13.9. The highest BCUT2D eigenvalue weighted by Gasteiger charge is 2.44. The van der Waals surface area contributed by atoms with Crippen LogP contribution in [0, 0.1) is 0 Å². The number of aromatic nitrogens is 4. The average molecular weight is 546 g/mol. The van der Waals surface area contributed by atoms with E-state index in [9.17, 15) is 18.0 Å². The first-order valence-corrected chi connectivity index (χ1v) is 12.2. The van der Waals surface area contributed by atoms with E-state index in [1.165, 1.54) is 11.0 Å². The molecule has 2 N–H and O–H groups in total. The molecule has 0 saturated carbocycles. The molecule has 14 heteroatoms. The van der Waals surface area contributed by atoms with Crippen LogP contribution in [0.25, 0.3) is 11.3 Å². The normalized spacial score (nSPS) is 19.8. The van der Waals surface area contributed by atoms with Gasteiger partial charge in [0.25, 0.3) is 0 Å². The number of alkyl halides is 3. The predicted octanol–water partition coefficient (Wildman–Crippen LogP) is 3.86. The molecule has 2 aromatic heterocycles. The van der Waals surface area contributed by atoms with Crippen molar-refractivity contribution in [2.45, 2.75) is 31.7 Å². The number of halogens is 3. The highest BCUT2D eigenvalue weighted by atomic mass is 19.4. The van der Waals surface area contributed by atoms with Crippen molar-refractivity contribution >= 4 is 23.8 Å². The zero-order valence-electron chi connectivity index (χ0n) is 21.2. The van der Waals surface area contributed by atoms with Gasteiger partial charge in [-0.25, -0.2) is 19.7 Å². The van der Waals surface area contributed by atoms with Crippen molar-refractivity contribution in [3.63, 3.8) is 0 Å². The smallest absolute Gasteiger partial charge is 0.434 e. The highest BCUT2D eigenvalue weighted by molar-refractivity contribution is 5.90. The van der Waals surface area contributed by atoms with E-state index in [2.05, 4.69) is 19.9 Å². The lowest BCUT2D eigenvalue weighted by molar-refractivity contribution is -0.140. The molecule has 2 unspecified atom stereocenters. The Balaban J connectivity index is 1.62. The minimum atomic E-state index is -4.82. The average Bonchev–Trinajstić information content (AvgIpc) is 3.28. The second-order valence-electron chi connectivity index (χ2n) is 8.92. The standard InChI is InChI=1S/C25H26F3N7O4/c1-3-18-20(14-4-6-15(37-2)7-5-14)39-24(36)35(18)19-12-17(31-23(32-19)34-8-10-38-11-9-34)16-13-30-22(29)33-21(16)25(26,27)28/h4-7,12-13,18,20H,3,8-11H2,1-2H3,(H2,29,30,33). The topological polar surface area (TPSA) is 129 Å². The number of carbonyl (C=O) groups is 1. The van der Waals surface area contributed by atoms with Crippen LogP contribution >= 0.6 is 0 Å². The molecular weight excluding hydrogens is 519 g/mol. The summed E-state index contributed by atoms with van der Waals surface area (Å²) in [4.78, 5) is 32.6. The zero-order chi connectivity index (χ0) is 27.7. The number of rotatable bonds is 6. The number of cyclic esters (lactones) is 1. The van der Waals surface area contributed by atoms with E-state index in [1.807, 2.05) is 6.92 Å². The first-order chi connectivity index (χ1) is 18.7. The molecule has 2 aliphatic heterocycles. The van der Waals surface area contributed by atoms with Gasteiger partial charge in [0.15, 0.2) is 5.69 Å². The Labute approximate surface area is 221 Å². The van der Waals surface area contributed by atoms with Crippen molar-refractivity contribution in [1.29, 1.82) is 0 Å². The molecule has 0 radical (unpaired) electrons. The fourth-order valence-electron chi connectivity index (χ4n) is 4.65. The second-order valence-corrected chi connectivity index (χ2v) is 8.92. The number of benzene rings is 1. The molecule has 0 bridgehead atoms. The summed E-state index contributed by atoms with van der Waals surface area (Å²) in [5.74, 6) is 0.366. The summed E-state index contributed by atoms with van der Waals surface area (Å²) in [7, 11) is 1.55. The van der Waals surface area contributed by atoms with E-state index < -0.39 is 36.1 Å². The summed E-state index contributed by atoms with van der Waals surface area (Å²) >= 11 is 0. The summed E-state index contributed by atoms with van der Waals surface area (Å²) in [6, 6.07) is 7.95. The number of amides is 1. The van der Waals surface area contributed by atoms with Gasteiger partial charge in [0.2, 0.25) is 11.9 Å². The number of hydrogen-bond acceptors (Lipinski definition) is 10. The molecule has 39 heavy (non-hydrogen) atoms. The molecule has 2 fully saturated rings. The molecule has 0 aliphatic carbocycles. The summed E-state index contributed by atoms with van der Waals surface area (Å²) in [5.41, 5.74) is 4.48. The van der Waals surface area contributed by atoms with Crippen LogP contribution in [0.15, 0.2) is 36.5 Å². The summed E-state index contributed by atoms with van der Waals surface area (Å²) < 4.78 is 58.2. The SMILES string of the molecule is CCC1C(c2ccc(OC)cc2)OC(=O)N1c1cc(-c2cnc(N)nc2C(F)(F)F)nc(N2CCOCC2)n1. The molecular formula is C25H26F3N7O4. The van der Waals surface area contributed by atoms with Crippen LogP contribution in [-0.4, -0.2) is 65.5 Å². The molecule has 0 spiro atoms. The Morgan fingerprint density at radius 1 is 1.13 bits per heavy atom. The number of morpholine rings is 1. The van der Waals surface area contributed by atoms with Crippen molar-refractivity contribution in [3.8, 4) is 17.0 Å². The van der Waals surface area contributed by atoms with Gasteiger partial charge in [-0.05, 0) is 24.1 Å². The molecule has 4 heterocycles. The summed E-state index contributed by atoms with van der Waals surface area (Å²) in [5, 5.41) is 0. The summed E-state index contributed by atoms with van der Waals surface area (Å²) in [6.45, 7) is 3.51. The van der Waals surface area contributed by atoms with Gasteiger partial charge >= 0.3 is 12.3 Å². The van der Waals surface area contributed by atoms with Gasteiger partial charge in [-0.3, -0.25) is 4.90 Å². The van der Waals surface area contributed by atoms with Gasteiger partial charge in [-0.2, -0.15) is 18.2 Å². The Morgan fingerprint density at radius 3 is 2.49 bits per heavy atom. The van der Waals surface area contributed by atoms with Gasteiger partial charge < -0.3 is 24.8 Å². The van der Waals surface area contributed by atoms with Crippen LogP contribution in [0.3, 0.4) is 0 Å². The number of nitrogen functional groups attached to an aromatic ring is 1. The van der Waals surface area contributed by atoms with E-state index in [0.717, 1.165) is 11.8 Å². The monoisotopic (exact) mass is 545 g/mol. The largest absolute Gasteiger partial charge is 0.497 e. The summed E-state index contributed by atoms with van der Waals surface area (Å²) in [6.07, 6.45) is -4.68. The third kappa shape index (κ3) is 5.24. The minimum Gasteiger partial charge on any atom is -0.497 e. The van der Waals surface area contributed by atoms with Gasteiger partial charge in [0, 0.05) is 30.9 Å². The molecule has 11 nitrogen and oxygen atoms in total. The van der Waals surface area contributed by atoms with E-state index in [-0.39, 0.29) is 23.0 Å². The maximum atomic E-state index is 13.9. The molecule has 5 rings (SSSR count). The van der Waals surface area contributed by atoms with Gasteiger partial charge in [-0.15, -0.1) is 0 Å². The van der Waals surface area contributed by atoms with Crippen LogP contribution in [0.1, 0.15) is 30.7 Å². The highest BCUT2D eigenvalue weighted by Crippen LogP contribution is 2.40. The Kier molecular flexibility index (Phi) is 7.12. The molecule has 2 atom stereocenters. The Bertz CT molecular complexity index is 1350. The van der Waals surface area contributed by atoms with Gasteiger partial charge in [0.1, 0.15) is 17.7 Å². The van der Waals surface area contributed by atoms with Crippen molar-refractivity contribution in [2.75, 3.05) is 48.9 Å². The molecule has 2 saturated heterocycles. The Morgan fingerprint density at radius 2 is 1.85 bits per heavy atom. The van der Waals surface area contributed by atoms with Crippen molar-refractivity contribution < 1.29 is 32.2 Å². The fraction of sp³-hybridized carbons (Fsp3) is 0.400. The second kappa shape index (κ2) is 10.5. The third-order valence-corrected chi connectivity index (χ3v) is 6.56. The Hall–Kier alpha value is -4.20. The van der Waals surface area contributed by atoms with Crippen LogP contribution in [0.5, 0.6) is 5.75 Å². The van der Waals surface area contributed by atoms with Crippen molar-refractivity contribution in [3.05, 3.63) is 47.8 Å². The van der Waals surface area contributed by atoms with E-state index in [4.69, 9.17) is 19.9 Å². The zero-order valence-corrected chi connectivity index (χ0v) is 21.2. The number of ether oxygens (including phenoxy) is 3.